The molecule has 0 unspecified atom stereocenters. The lowest BCUT2D eigenvalue weighted by atomic mass is 9.96. The van der Waals surface area contributed by atoms with E-state index in [1.54, 1.807) is 4.90 Å². The summed E-state index contributed by atoms with van der Waals surface area (Å²) in [4.78, 5) is 20.7. The number of hydrogen-bond acceptors (Lipinski definition) is 5. The summed E-state index contributed by atoms with van der Waals surface area (Å²) in [6.07, 6.45) is 0. The molecule has 1 aromatic heterocycles. The molecule has 0 spiro atoms. The van der Waals surface area contributed by atoms with Crippen LogP contribution in [0.2, 0.25) is 5.02 Å². The first-order chi connectivity index (χ1) is 14.4. The number of carbonyl (C=O) groups excluding carboxylic acids is 1. The first kappa shape index (κ1) is 20.4. The van der Waals surface area contributed by atoms with E-state index in [4.69, 9.17) is 21.0 Å². The lowest BCUT2D eigenvalue weighted by molar-refractivity contribution is -0.132. The van der Waals surface area contributed by atoms with Crippen molar-refractivity contribution >= 4 is 23.2 Å². The Hall–Kier alpha value is -2.83. The number of fused-ring (bicyclic) bond motifs is 1. The van der Waals surface area contributed by atoms with E-state index in [-0.39, 0.29) is 5.91 Å². The third-order valence-corrected chi connectivity index (χ3v) is 5.79. The highest BCUT2D eigenvalue weighted by molar-refractivity contribution is 6.36. The summed E-state index contributed by atoms with van der Waals surface area (Å²) in [7, 11) is 5.63. The molecule has 7 heteroatoms. The Morgan fingerprint density at radius 1 is 1.17 bits per heavy atom. The van der Waals surface area contributed by atoms with Gasteiger partial charge in [-0.25, -0.2) is 4.98 Å². The number of oxazole rings is 1. The molecule has 2 heterocycles. The lowest BCUT2D eigenvalue weighted by Crippen LogP contribution is -2.34. The molecule has 0 fully saturated rings. The average Bonchev–Trinajstić information content (AvgIpc) is 3.27. The summed E-state index contributed by atoms with van der Waals surface area (Å²) in [6, 6.07) is 12.0. The van der Waals surface area contributed by atoms with Crippen LogP contribution in [0.4, 0.5) is 5.69 Å². The molecular weight excluding hydrogens is 400 g/mol. The predicted octanol–water partition coefficient (Wildman–Crippen LogP) is 4.42. The Kier molecular flexibility index (Phi) is 5.54. The van der Waals surface area contributed by atoms with Crippen LogP contribution < -0.4 is 5.32 Å². The molecule has 1 aliphatic rings. The van der Waals surface area contributed by atoms with E-state index in [1.807, 2.05) is 56.4 Å². The fourth-order valence-electron chi connectivity index (χ4n) is 3.79. The summed E-state index contributed by atoms with van der Waals surface area (Å²) in [5, 5.41) is 3.81. The fourth-order valence-corrected chi connectivity index (χ4v) is 4.12. The molecule has 0 aliphatic carbocycles. The van der Waals surface area contributed by atoms with E-state index in [0.717, 1.165) is 39.4 Å². The van der Waals surface area contributed by atoms with Crippen molar-refractivity contribution in [3.63, 3.8) is 0 Å². The molecule has 0 bridgehead atoms. The molecule has 6 nitrogen and oxygen atoms in total. The summed E-state index contributed by atoms with van der Waals surface area (Å²) in [5.41, 5.74) is 5.69. The maximum absolute atomic E-state index is 12.3. The molecule has 0 saturated heterocycles. The van der Waals surface area contributed by atoms with Gasteiger partial charge in [0.1, 0.15) is 11.5 Å². The van der Waals surface area contributed by atoms with Crippen molar-refractivity contribution in [1.82, 2.24) is 14.8 Å². The SMILES string of the molecule is CNc1cccc(-c2cccc(-c3nc4c(o3)CN(C(=O)CN(C)C)C4)c2C)c1Cl. The lowest BCUT2D eigenvalue weighted by Gasteiger charge is -2.18. The van der Waals surface area contributed by atoms with E-state index < -0.39 is 0 Å². The highest BCUT2D eigenvalue weighted by Gasteiger charge is 2.29. The van der Waals surface area contributed by atoms with Crippen molar-refractivity contribution in [2.75, 3.05) is 33.0 Å². The zero-order valence-corrected chi connectivity index (χ0v) is 18.4. The molecule has 2 aromatic carbocycles. The summed E-state index contributed by atoms with van der Waals surface area (Å²) < 4.78 is 6.08. The number of hydrogen-bond donors (Lipinski definition) is 1. The van der Waals surface area contributed by atoms with Gasteiger partial charge in [-0.1, -0.05) is 35.9 Å². The normalized spacial score (nSPS) is 13.1. The van der Waals surface area contributed by atoms with Crippen molar-refractivity contribution in [2.24, 2.45) is 0 Å². The summed E-state index contributed by atoms with van der Waals surface area (Å²) >= 11 is 6.61. The number of amides is 1. The number of nitrogens with zero attached hydrogens (tertiary/aromatic N) is 3. The highest BCUT2D eigenvalue weighted by atomic mass is 35.5. The fraction of sp³-hybridized carbons (Fsp3) is 0.304. The van der Waals surface area contributed by atoms with Crippen LogP contribution in [0, 0.1) is 6.92 Å². The van der Waals surface area contributed by atoms with Gasteiger partial charge < -0.3 is 19.5 Å². The Labute approximate surface area is 181 Å². The third-order valence-electron chi connectivity index (χ3n) is 5.38. The Balaban J connectivity index is 1.64. The van der Waals surface area contributed by atoms with Crippen LogP contribution in [-0.4, -0.2) is 48.4 Å². The van der Waals surface area contributed by atoms with Gasteiger partial charge in [0.2, 0.25) is 11.8 Å². The first-order valence-corrected chi connectivity index (χ1v) is 10.2. The monoisotopic (exact) mass is 424 g/mol. The Morgan fingerprint density at radius 2 is 1.87 bits per heavy atom. The van der Waals surface area contributed by atoms with E-state index >= 15 is 0 Å². The molecule has 1 N–H and O–H groups in total. The second-order valence-corrected chi connectivity index (χ2v) is 8.15. The molecule has 0 saturated carbocycles. The Bertz CT molecular complexity index is 1080. The number of likely N-dealkylation sites (N-methyl/N-ethyl adjacent to an activating group) is 1. The zero-order valence-electron chi connectivity index (χ0n) is 17.6. The number of rotatable bonds is 5. The number of aromatic nitrogens is 1. The molecule has 0 radical (unpaired) electrons. The van der Waals surface area contributed by atoms with Gasteiger partial charge in [0, 0.05) is 18.2 Å². The van der Waals surface area contributed by atoms with Gasteiger partial charge in [-0.3, -0.25) is 4.79 Å². The number of nitrogens with one attached hydrogen (secondary N) is 1. The third kappa shape index (κ3) is 3.68. The molecule has 1 amide bonds. The van der Waals surface area contributed by atoms with Crippen LogP contribution >= 0.6 is 11.6 Å². The van der Waals surface area contributed by atoms with Crippen LogP contribution in [0.3, 0.4) is 0 Å². The minimum Gasteiger partial charge on any atom is -0.439 e. The van der Waals surface area contributed by atoms with Crippen molar-refractivity contribution < 1.29 is 9.21 Å². The van der Waals surface area contributed by atoms with Crippen LogP contribution in [0.5, 0.6) is 0 Å². The van der Waals surface area contributed by atoms with Gasteiger partial charge >= 0.3 is 0 Å². The van der Waals surface area contributed by atoms with Gasteiger partial charge in [0.15, 0.2) is 0 Å². The van der Waals surface area contributed by atoms with Crippen LogP contribution in [-0.2, 0) is 17.9 Å². The van der Waals surface area contributed by atoms with Crippen molar-refractivity contribution in [2.45, 2.75) is 20.0 Å². The first-order valence-electron chi connectivity index (χ1n) is 9.86. The van der Waals surface area contributed by atoms with Crippen molar-refractivity contribution in [1.29, 1.82) is 0 Å². The number of benzene rings is 2. The van der Waals surface area contributed by atoms with Crippen molar-refractivity contribution in [3.05, 3.63) is 58.4 Å². The number of carbonyl (C=O) groups is 1. The molecule has 0 atom stereocenters. The van der Waals surface area contributed by atoms with Gasteiger partial charge in [-0.05, 0) is 44.3 Å². The van der Waals surface area contributed by atoms with Gasteiger partial charge in [-0.2, -0.15) is 0 Å². The standard InChI is InChI=1S/C23H25ClN4O2/c1-14-15(17-9-6-10-18(25-2)22(17)24)7-5-8-16(14)23-26-19-11-28(12-20(19)30-23)21(29)13-27(3)4/h5-10,25H,11-13H2,1-4H3. The molecule has 30 heavy (non-hydrogen) atoms. The van der Waals surface area contributed by atoms with Crippen LogP contribution in [0.15, 0.2) is 40.8 Å². The smallest absolute Gasteiger partial charge is 0.237 e. The molecule has 4 rings (SSSR count). The zero-order chi connectivity index (χ0) is 21.4. The second kappa shape index (κ2) is 8.13. The minimum absolute atomic E-state index is 0.0759. The van der Waals surface area contributed by atoms with Crippen LogP contribution in [0.1, 0.15) is 17.0 Å². The predicted molar refractivity (Wildman–Crippen MR) is 119 cm³/mol. The molecule has 1 aliphatic heterocycles. The minimum atomic E-state index is 0.0759. The molecule has 3 aromatic rings. The van der Waals surface area contributed by atoms with Gasteiger partial charge in [-0.15, -0.1) is 0 Å². The van der Waals surface area contributed by atoms with E-state index in [0.29, 0.717) is 30.5 Å². The van der Waals surface area contributed by atoms with Gasteiger partial charge in [0.05, 0.1) is 30.3 Å². The topological polar surface area (TPSA) is 61.6 Å². The van der Waals surface area contributed by atoms with Crippen molar-refractivity contribution in [3.8, 4) is 22.6 Å². The van der Waals surface area contributed by atoms with E-state index in [2.05, 4.69) is 18.3 Å². The van der Waals surface area contributed by atoms with E-state index in [1.165, 1.54) is 0 Å². The molecular formula is C23H25ClN4O2. The maximum atomic E-state index is 12.3. The Morgan fingerprint density at radius 3 is 2.57 bits per heavy atom. The summed E-state index contributed by atoms with van der Waals surface area (Å²) in [6.45, 7) is 3.38. The van der Waals surface area contributed by atoms with Gasteiger partial charge in [0.25, 0.3) is 0 Å². The number of halogens is 1. The highest BCUT2D eigenvalue weighted by Crippen LogP contribution is 2.39. The largest absolute Gasteiger partial charge is 0.439 e. The quantitative estimate of drug-likeness (QED) is 0.657. The number of anilines is 1. The molecule has 156 valence electrons. The average molecular weight is 425 g/mol. The summed E-state index contributed by atoms with van der Waals surface area (Å²) in [5.74, 6) is 1.42. The van der Waals surface area contributed by atoms with Crippen LogP contribution in [0.25, 0.3) is 22.6 Å². The van der Waals surface area contributed by atoms with E-state index in [9.17, 15) is 4.79 Å². The maximum Gasteiger partial charge on any atom is 0.237 e. The second-order valence-electron chi connectivity index (χ2n) is 7.77.